The minimum atomic E-state index is 0.163. The highest BCUT2D eigenvalue weighted by atomic mass is 32.1. The van der Waals surface area contributed by atoms with Crippen molar-refractivity contribution in [3.63, 3.8) is 0 Å². The molecule has 2 fully saturated rings. The minimum absolute atomic E-state index is 0.163. The number of aryl methyl sites for hydroxylation is 2. The van der Waals surface area contributed by atoms with Gasteiger partial charge in [0.15, 0.2) is 0 Å². The van der Waals surface area contributed by atoms with Gasteiger partial charge >= 0.3 is 0 Å². The number of carbonyl (C=O) groups excluding carboxylic acids is 1. The summed E-state index contributed by atoms with van der Waals surface area (Å²) in [6, 6.07) is 0. The van der Waals surface area contributed by atoms with E-state index in [1.807, 2.05) is 31.0 Å². The maximum Gasteiger partial charge on any atom is 0.226 e. The van der Waals surface area contributed by atoms with Crippen LogP contribution in [0.3, 0.4) is 0 Å². The molecule has 23 heavy (non-hydrogen) atoms. The molecule has 3 heterocycles. The molecular formula is C17H22N4OS. The van der Waals surface area contributed by atoms with Crippen LogP contribution < -0.4 is 0 Å². The van der Waals surface area contributed by atoms with Crippen LogP contribution in [0.4, 0.5) is 0 Å². The van der Waals surface area contributed by atoms with Crippen LogP contribution in [0.1, 0.15) is 47.4 Å². The predicted molar refractivity (Wildman–Crippen MR) is 89.5 cm³/mol. The van der Waals surface area contributed by atoms with E-state index in [2.05, 4.69) is 20.4 Å². The van der Waals surface area contributed by atoms with Crippen LogP contribution >= 0.6 is 11.3 Å². The summed E-state index contributed by atoms with van der Waals surface area (Å²) in [5.74, 6) is 1.29. The van der Waals surface area contributed by atoms with Gasteiger partial charge in [-0.2, -0.15) is 5.10 Å². The summed E-state index contributed by atoms with van der Waals surface area (Å²) >= 11 is 1.73. The molecule has 6 heteroatoms. The summed E-state index contributed by atoms with van der Waals surface area (Å²) in [6.45, 7) is 3.77. The van der Waals surface area contributed by atoms with Crippen LogP contribution in [0.15, 0.2) is 17.8 Å². The molecule has 1 saturated heterocycles. The van der Waals surface area contributed by atoms with E-state index in [9.17, 15) is 4.79 Å². The van der Waals surface area contributed by atoms with Gasteiger partial charge in [0.25, 0.3) is 0 Å². The van der Waals surface area contributed by atoms with E-state index >= 15 is 0 Å². The minimum Gasteiger partial charge on any atom is -0.342 e. The van der Waals surface area contributed by atoms with E-state index in [1.165, 1.54) is 10.6 Å². The summed E-state index contributed by atoms with van der Waals surface area (Å²) < 4.78 is 1.82. The van der Waals surface area contributed by atoms with Gasteiger partial charge in [0.1, 0.15) is 0 Å². The van der Waals surface area contributed by atoms with E-state index < -0.39 is 0 Å². The molecule has 4 rings (SSSR count). The van der Waals surface area contributed by atoms with Crippen LogP contribution in [0, 0.1) is 12.8 Å². The number of rotatable bonds is 3. The zero-order valence-electron chi connectivity index (χ0n) is 13.6. The van der Waals surface area contributed by atoms with Crippen LogP contribution in [0.25, 0.3) is 0 Å². The lowest BCUT2D eigenvalue weighted by Gasteiger charge is -2.32. The third-order valence-corrected chi connectivity index (χ3v) is 6.10. The van der Waals surface area contributed by atoms with Gasteiger partial charge in [0, 0.05) is 49.2 Å². The normalized spacial score (nSPS) is 27.2. The predicted octanol–water partition coefficient (Wildman–Crippen LogP) is 2.69. The van der Waals surface area contributed by atoms with Crippen molar-refractivity contribution in [2.24, 2.45) is 13.0 Å². The molecule has 0 N–H and O–H groups in total. The molecule has 0 spiro atoms. The van der Waals surface area contributed by atoms with Crippen molar-refractivity contribution >= 4 is 17.2 Å². The number of likely N-dealkylation sites (tertiary alicyclic amines) is 1. The van der Waals surface area contributed by atoms with Gasteiger partial charge in [-0.15, -0.1) is 11.3 Å². The smallest absolute Gasteiger partial charge is 0.226 e. The lowest BCUT2D eigenvalue weighted by Crippen LogP contribution is -2.40. The third kappa shape index (κ3) is 2.92. The summed E-state index contributed by atoms with van der Waals surface area (Å²) in [5, 5.41) is 7.52. The number of hydrogen-bond donors (Lipinski definition) is 0. The molecule has 1 aliphatic carbocycles. The zero-order chi connectivity index (χ0) is 16.0. The Morgan fingerprint density at radius 2 is 2.30 bits per heavy atom. The number of nitrogens with zero attached hydrogens (tertiary/aromatic N) is 4. The Kier molecular flexibility index (Phi) is 3.71. The van der Waals surface area contributed by atoms with Crippen LogP contribution in [-0.2, 0) is 11.8 Å². The standard InChI is InChI=1S/C17H22N4OS/c1-11-10-23-16(19-11)12-4-3-5-21(9-12)17(22)15-6-14(15)13-7-18-20(2)8-13/h7-8,10,12,14-15H,3-6,9H2,1-2H3/t12-,14-,15+/m1/s1. The highest BCUT2D eigenvalue weighted by Crippen LogP contribution is 2.48. The van der Waals surface area contributed by atoms with E-state index in [-0.39, 0.29) is 5.92 Å². The molecule has 1 amide bonds. The Morgan fingerprint density at radius 3 is 3.00 bits per heavy atom. The fraction of sp³-hybridized carbons (Fsp3) is 0.588. The Bertz CT molecular complexity index is 722. The van der Waals surface area contributed by atoms with Crippen LogP contribution in [0.5, 0.6) is 0 Å². The number of aromatic nitrogens is 3. The van der Waals surface area contributed by atoms with Crippen molar-refractivity contribution in [3.8, 4) is 0 Å². The fourth-order valence-corrected chi connectivity index (χ4v) is 4.57. The second-order valence-corrected chi connectivity index (χ2v) is 7.74. The molecule has 1 aliphatic heterocycles. The number of amides is 1. The highest BCUT2D eigenvalue weighted by Gasteiger charge is 2.47. The van der Waals surface area contributed by atoms with Gasteiger partial charge in [-0.25, -0.2) is 4.98 Å². The number of thiazole rings is 1. The maximum atomic E-state index is 12.8. The summed E-state index contributed by atoms with van der Waals surface area (Å²) in [7, 11) is 1.92. The fourth-order valence-electron chi connectivity index (χ4n) is 3.64. The summed E-state index contributed by atoms with van der Waals surface area (Å²) in [4.78, 5) is 19.5. The van der Waals surface area contributed by atoms with Crippen molar-refractivity contribution in [1.29, 1.82) is 0 Å². The second kappa shape index (κ2) is 5.74. The van der Waals surface area contributed by atoms with Gasteiger partial charge in [-0.05, 0) is 37.7 Å². The summed E-state index contributed by atoms with van der Waals surface area (Å²) in [5.41, 5.74) is 2.29. The van der Waals surface area contributed by atoms with Gasteiger partial charge in [0.2, 0.25) is 5.91 Å². The van der Waals surface area contributed by atoms with Crippen molar-refractivity contribution in [1.82, 2.24) is 19.7 Å². The molecule has 0 bridgehead atoms. The number of hydrogen-bond acceptors (Lipinski definition) is 4. The van der Waals surface area contributed by atoms with Crippen molar-refractivity contribution in [2.45, 2.75) is 38.0 Å². The Labute approximate surface area is 140 Å². The SMILES string of the molecule is Cc1csc([C@@H]2CCCN(C(=O)[C@H]3C[C@@H]3c3cnn(C)c3)C2)n1. The monoisotopic (exact) mass is 330 g/mol. The molecule has 2 aliphatic rings. The Hall–Kier alpha value is -1.69. The topological polar surface area (TPSA) is 51.0 Å². The van der Waals surface area contributed by atoms with Gasteiger partial charge in [0.05, 0.1) is 11.2 Å². The van der Waals surface area contributed by atoms with Gasteiger partial charge in [-0.3, -0.25) is 9.48 Å². The molecule has 1 saturated carbocycles. The van der Waals surface area contributed by atoms with E-state index in [0.29, 0.717) is 17.7 Å². The largest absolute Gasteiger partial charge is 0.342 e. The molecule has 2 aromatic heterocycles. The zero-order valence-corrected chi connectivity index (χ0v) is 14.4. The van der Waals surface area contributed by atoms with Crippen molar-refractivity contribution < 1.29 is 4.79 Å². The lowest BCUT2D eigenvalue weighted by atomic mass is 9.98. The highest BCUT2D eigenvalue weighted by molar-refractivity contribution is 7.09. The first-order valence-electron chi connectivity index (χ1n) is 8.31. The van der Waals surface area contributed by atoms with E-state index in [0.717, 1.165) is 38.0 Å². The lowest BCUT2D eigenvalue weighted by molar-refractivity contribution is -0.133. The van der Waals surface area contributed by atoms with Gasteiger partial charge < -0.3 is 4.90 Å². The first-order valence-corrected chi connectivity index (χ1v) is 9.19. The molecule has 2 aromatic rings. The molecule has 3 atom stereocenters. The molecular weight excluding hydrogens is 308 g/mol. The van der Waals surface area contributed by atoms with Crippen LogP contribution in [-0.4, -0.2) is 38.7 Å². The first kappa shape index (κ1) is 14.9. The maximum absolute atomic E-state index is 12.8. The second-order valence-electron chi connectivity index (χ2n) is 6.85. The van der Waals surface area contributed by atoms with Crippen LogP contribution in [0.2, 0.25) is 0 Å². The molecule has 0 radical (unpaired) electrons. The van der Waals surface area contributed by atoms with E-state index in [4.69, 9.17) is 0 Å². The molecule has 5 nitrogen and oxygen atoms in total. The molecule has 0 unspecified atom stereocenters. The van der Waals surface area contributed by atoms with Gasteiger partial charge in [-0.1, -0.05) is 0 Å². The Morgan fingerprint density at radius 1 is 1.43 bits per heavy atom. The van der Waals surface area contributed by atoms with E-state index in [1.54, 1.807) is 11.3 Å². The number of piperidine rings is 1. The first-order chi connectivity index (χ1) is 11.1. The van der Waals surface area contributed by atoms with Crippen molar-refractivity contribution in [3.05, 3.63) is 34.0 Å². The molecule has 0 aromatic carbocycles. The molecule has 122 valence electrons. The number of carbonyl (C=O) groups is 1. The Balaban J connectivity index is 1.41. The average molecular weight is 330 g/mol. The average Bonchev–Trinajstić information content (AvgIpc) is 3.04. The quantitative estimate of drug-likeness (QED) is 0.869. The third-order valence-electron chi connectivity index (χ3n) is 4.98. The van der Waals surface area contributed by atoms with Crippen molar-refractivity contribution in [2.75, 3.05) is 13.1 Å². The summed E-state index contributed by atoms with van der Waals surface area (Å²) in [6.07, 6.45) is 7.14.